The first-order valence-corrected chi connectivity index (χ1v) is 6.87. The van der Waals surface area contributed by atoms with Gasteiger partial charge in [0.05, 0.1) is 4.92 Å². The van der Waals surface area contributed by atoms with E-state index in [1.165, 1.54) is 5.56 Å². The lowest BCUT2D eigenvalue weighted by molar-refractivity contribution is -0.384. The number of nitro benzene ring substituents is 1. The Morgan fingerprint density at radius 3 is 2.43 bits per heavy atom. The molecule has 110 valence electrons. The molecule has 0 aliphatic heterocycles. The quantitative estimate of drug-likeness (QED) is 0.631. The Hall–Kier alpha value is -2.40. The molecule has 0 saturated carbocycles. The SMILES string of the molecule is Cc1cccc(NCc2ccc(CCN)cc2)c1[N+](=O)[O-]. The largest absolute Gasteiger partial charge is 0.375 e. The van der Waals surface area contributed by atoms with Gasteiger partial charge in [0, 0.05) is 12.1 Å². The summed E-state index contributed by atoms with van der Waals surface area (Å²) in [6, 6.07) is 13.4. The molecule has 0 amide bonds. The van der Waals surface area contributed by atoms with E-state index in [4.69, 9.17) is 5.73 Å². The molecule has 0 unspecified atom stereocenters. The van der Waals surface area contributed by atoms with Gasteiger partial charge in [0.25, 0.3) is 5.69 Å². The molecule has 0 atom stereocenters. The third-order valence-corrected chi connectivity index (χ3v) is 3.36. The molecule has 0 bridgehead atoms. The van der Waals surface area contributed by atoms with Gasteiger partial charge in [0.1, 0.15) is 5.69 Å². The van der Waals surface area contributed by atoms with Crippen LogP contribution in [0.2, 0.25) is 0 Å². The van der Waals surface area contributed by atoms with Crippen molar-refractivity contribution in [3.8, 4) is 0 Å². The van der Waals surface area contributed by atoms with Crippen molar-refractivity contribution in [1.82, 2.24) is 0 Å². The fourth-order valence-electron chi connectivity index (χ4n) is 2.23. The number of nitrogens with one attached hydrogen (secondary N) is 1. The van der Waals surface area contributed by atoms with Gasteiger partial charge in [0.2, 0.25) is 0 Å². The Kier molecular flexibility index (Phi) is 4.90. The molecule has 0 aliphatic rings. The van der Waals surface area contributed by atoms with Crippen molar-refractivity contribution in [3.63, 3.8) is 0 Å². The molecule has 0 spiro atoms. The van der Waals surface area contributed by atoms with Crippen molar-refractivity contribution in [2.24, 2.45) is 5.73 Å². The molecule has 0 heterocycles. The second-order valence-electron chi connectivity index (χ2n) is 4.94. The fourth-order valence-corrected chi connectivity index (χ4v) is 2.23. The zero-order valence-electron chi connectivity index (χ0n) is 12.0. The maximum absolute atomic E-state index is 11.1. The number of anilines is 1. The minimum absolute atomic E-state index is 0.136. The maximum Gasteiger partial charge on any atom is 0.295 e. The van der Waals surface area contributed by atoms with Crippen LogP contribution in [0.4, 0.5) is 11.4 Å². The summed E-state index contributed by atoms with van der Waals surface area (Å²) < 4.78 is 0. The first-order chi connectivity index (χ1) is 10.1. The van der Waals surface area contributed by atoms with Gasteiger partial charge in [-0.25, -0.2) is 0 Å². The van der Waals surface area contributed by atoms with Gasteiger partial charge in [-0.15, -0.1) is 0 Å². The average molecular weight is 285 g/mol. The van der Waals surface area contributed by atoms with Crippen LogP contribution in [0.3, 0.4) is 0 Å². The van der Waals surface area contributed by atoms with Gasteiger partial charge >= 0.3 is 0 Å². The van der Waals surface area contributed by atoms with Crippen molar-refractivity contribution < 1.29 is 4.92 Å². The van der Waals surface area contributed by atoms with E-state index in [1.54, 1.807) is 19.1 Å². The van der Waals surface area contributed by atoms with Crippen molar-refractivity contribution in [1.29, 1.82) is 0 Å². The van der Waals surface area contributed by atoms with Gasteiger partial charge in [-0.05, 0) is 37.1 Å². The molecule has 2 aromatic carbocycles. The molecule has 0 aliphatic carbocycles. The number of hydrogen-bond acceptors (Lipinski definition) is 4. The van der Waals surface area contributed by atoms with Crippen LogP contribution in [0.5, 0.6) is 0 Å². The summed E-state index contributed by atoms with van der Waals surface area (Å²) in [5, 5.41) is 14.3. The van der Waals surface area contributed by atoms with Crippen LogP contribution in [-0.2, 0) is 13.0 Å². The Balaban J connectivity index is 2.09. The molecule has 2 rings (SSSR count). The van der Waals surface area contributed by atoms with Crippen molar-refractivity contribution in [2.75, 3.05) is 11.9 Å². The van der Waals surface area contributed by atoms with Crippen LogP contribution in [0.25, 0.3) is 0 Å². The number of hydrogen-bond donors (Lipinski definition) is 2. The van der Waals surface area contributed by atoms with Crippen LogP contribution >= 0.6 is 0 Å². The van der Waals surface area contributed by atoms with Gasteiger partial charge in [-0.3, -0.25) is 10.1 Å². The summed E-state index contributed by atoms with van der Waals surface area (Å²) in [6.07, 6.45) is 0.858. The zero-order chi connectivity index (χ0) is 15.2. The third kappa shape index (κ3) is 3.79. The van der Waals surface area contributed by atoms with Crippen molar-refractivity contribution in [2.45, 2.75) is 19.9 Å². The molecule has 0 saturated heterocycles. The summed E-state index contributed by atoms with van der Waals surface area (Å²) in [4.78, 5) is 10.8. The Bertz CT molecular complexity index is 624. The number of aryl methyl sites for hydroxylation is 1. The number of rotatable bonds is 6. The first kappa shape index (κ1) is 15.0. The highest BCUT2D eigenvalue weighted by Gasteiger charge is 2.16. The number of nitrogens with zero attached hydrogens (tertiary/aromatic N) is 1. The number of nitrogens with two attached hydrogens (primary N) is 1. The molecule has 0 aromatic heterocycles. The zero-order valence-corrected chi connectivity index (χ0v) is 12.0. The highest BCUT2D eigenvalue weighted by atomic mass is 16.6. The highest BCUT2D eigenvalue weighted by Crippen LogP contribution is 2.28. The lowest BCUT2D eigenvalue weighted by Crippen LogP contribution is -2.05. The molecular weight excluding hydrogens is 266 g/mol. The second-order valence-corrected chi connectivity index (χ2v) is 4.94. The van der Waals surface area contributed by atoms with E-state index >= 15 is 0 Å². The van der Waals surface area contributed by atoms with Crippen LogP contribution in [0.15, 0.2) is 42.5 Å². The van der Waals surface area contributed by atoms with Crippen LogP contribution < -0.4 is 11.1 Å². The Morgan fingerprint density at radius 2 is 1.81 bits per heavy atom. The molecule has 5 heteroatoms. The normalized spacial score (nSPS) is 10.4. The van der Waals surface area contributed by atoms with Gasteiger partial charge < -0.3 is 11.1 Å². The monoisotopic (exact) mass is 285 g/mol. The molecule has 0 radical (unpaired) electrons. The minimum Gasteiger partial charge on any atom is -0.375 e. The highest BCUT2D eigenvalue weighted by molar-refractivity contribution is 5.65. The van der Waals surface area contributed by atoms with E-state index in [-0.39, 0.29) is 10.6 Å². The molecule has 2 aromatic rings. The maximum atomic E-state index is 11.1. The van der Waals surface area contributed by atoms with E-state index < -0.39 is 0 Å². The summed E-state index contributed by atoms with van der Waals surface area (Å²) in [5.74, 6) is 0. The first-order valence-electron chi connectivity index (χ1n) is 6.87. The Morgan fingerprint density at radius 1 is 1.14 bits per heavy atom. The number of para-hydroxylation sites is 1. The lowest BCUT2D eigenvalue weighted by Gasteiger charge is -2.09. The van der Waals surface area contributed by atoms with E-state index in [0.29, 0.717) is 24.3 Å². The van der Waals surface area contributed by atoms with E-state index in [9.17, 15) is 10.1 Å². The van der Waals surface area contributed by atoms with Gasteiger partial charge in [-0.1, -0.05) is 36.4 Å². The summed E-state index contributed by atoms with van der Waals surface area (Å²) >= 11 is 0. The third-order valence-electron chi connectivity index (χ3n) is 3.36. The van der Waals surface area contributed by atoms with Crippen molar-refractivity contribution in [3.05, 3.63) is 69.3 Å². The molecular formula is C16H19N3O2. The summed E-state index contributed by atoms with van der Waals surface area (Å²) in [7, 11) is 0. The topological polar surface area (TPSA) is 81.2 Å². The van der Waals surface area contributed by atoms with E-state index in [0.717, 1.165) is 12.0 Å². The molecule has 0 fully saturated rings. The number of benzene rings is 2. The van der Waals surface area contributed by atoms with Crippen molar-refractivity contribution >= 4 is 11.4 Å². The van der Waals surface area contributed by atoms with E-state index in [2.05, 4.69) is 5.32 Å². The fraction of sp³-hybridized carbons (Fsp3) is 0.250. The van der Waals surface area contributed by atoms with E-state index in [1.807, 2.05) is 30.3 Å². The van der Waals surface area contributed by atoms with Crippen LogP contribution in [0.1, 0.15) is 16.7 Å². The standard InChI is InChI=1S/C16H19N3O2/c1-12-3-2-4-15(16(12)19(20)21)18-11-14-7-5-13(6-8-14)9-10-17/h2-8,18H,9-11,17H2,1H3. The van der Waals surface area contributed by atoms with Crippen LogP contribution in [0, 0.1) is 17.0 Å². The summed E-state index contributed by atoms with van der Waals surface area (Å²) in [5.41, 5.74) is 9.13. The molecule has 21 heavy (non-hydrogen) atoms. The smallest absolute Gasteiger partial charge is 0.295 e. The summed E-state index contributed by atoms with van der Waals surface area (Å²) in [6.45, 7) is 2.92. The predicted octanol–water partition coefficient (Wildman–Crippen LogP) is 3.02. The van der Waals surface area contributed by atoms with Gasteiger partial charge in [-0.2, -0.15) is 0 Å². The predicted molar refractivity (Wildman–Crippen MR) is 84.4 cm³/mol. The van der Waals surface area contributed by atoms with Crippen LogP contribution in [-0.4, -0.2) is 11.5 Å². The molecule has 3 N–H and O–H groups in total. The molecule has 5 nitrogen and oxygen atoms in total. The average Bonchev–Trinajstić information content (AvgIpc) is 2.46. The second kappa shape index (κ2) is 6.85. The van der Waals surface area contributed by atoms with Gasteiger partial charge in [0.15, 0.2) is 0 Å². The lowest BCUT2D eigenvalue weighted by atomic mass is 10.1. The minimum atomic E-state index is -0.345. The Labute approximate surface area is 123 Å². The number of nitro groups is 1.